The van der Waals surface area contributed by atoms with Crippen LogP contribution in [0, 0.1) is 12.7 Å². The minimum absolute atomic E-state index is 0.170. The van der Waals surface area contributed by atoms with Gasteiger partial charge in [0.15, 0.2) is 0 Å². The zero-order chi connectivity index (χ0) is 15.2. The van der Waals surface area contributed by atoms with E-state index in [-0.39, 0.29) is 11.9 Å². The molecule has 0 radical (unpaired) electrons. The highest BCUT2D eigenvalue weighted by molar-refractivity contribution is 6.30. The van der Waals surface area contributed by atoms with Gasteiger partial charge in [-0.3, -0.25) is 0 Å². The van der Waals surface area contributed by atoms with Gasteiger partial charge in [0.25, 0.3) is 0 Å². The van der Waals surface area contributed by atoms with Crippen LogP contribution in [0.15, 0.2) is 42.5 Å². The molecular weight excluding hydrogens is 285 g/mol. The first-order chi connectivity index (χ1) is 10.1. The Morgan fingerprint density at radius 1 is 1.19 bits per heavy atom. The van der Waals surface area contributed by atoms with Crippen LogP contribution in [-0.2, 0) is 6.42 Å². The van der Waals surface area contributed by atoms with E-state index in [1.807, 2.05) is 18.2 Å². The lowest BCUT2D eigenvalue weighted by Gasteiger charge is -2.21. The van der Waals surface area contributed by atoms with Crippen molar-refractivity contribution in [1.82, 2.24) is 5.32 Å². The second-order valence-corrected chi connectivity index (χ2v) is 5.78. The van der Waals surface area contributed by atoms with E-state index < -0.39 is 0 Å². The molecule has 0 aliphatic heterocycles. The fraction of sp³-hybridized carbons (Fsp3) is 0.333. The van der Waals surface area contributed by atoms with Gasteiger partial charge in [0.05, 0.1) is 0 Å². The van der Waals surface area contributed by atoms with E-state index in [2.05, 4.69) is 25.2 Å². The highest BCUT2D eigenvalue weighted by Gasteiger charge is 2.14. The summed E-state index contributed by atoms with van der Waals surface area (Å²) >= 11 is 6.04. The molecule has 2 rings (SSSR count). The second kappa shape index (κ2) is 7.58. The van der Waals surface area contributed by atoms with Gasteiger partial charge >= 0.3 is 0 Å². The van der Waals surface area contributed by atoms with Crippen molar-refractivity contribution in [3.63, 3.8) is 0 Å². The molecule has 21 heavy (non-hydrogen) atoms. The van der Waals surface area contributed by atoms with Crippen LogP contribution < -0.4 is 5.32 Å². The maximum Gasteiger partial charge on any atom is 0.123 e. The summed E-state index contributed by atoms with van der Waals surface area (Å²) in [5.41, 5.74) is 3.38. The molecule has 3 heteroatoms. The highest BCUT2D eigenvalue weighted by Crippen LogP contribution is 2.24. The van der Waals surface area contributed by atoms with E-state index in [1.54, 1.807) is 12.1 Å². The Balaban J connectivity index is 2.25. The van der Waals surface area contributed by atoms with Gasteiger partial charge in [-0.25, -0.2) is 4.39 Å². The third-order valence-electron chi connectivity index (χ3n) is 3.58. The van der Waals surface area contributed by atoms with Crippen LogP contribution in [0.3, 0.4) is 0 Å². The summed E-state index contributed by atoms with van der Waals surface area (Å²) in [5, 5.41) is 4.29. The molecule has 112 valence electrons. The summed E-state index contributed by atoms with van der Waals surface area (Å²) < 4.78 is 13.4. The lowest BCUT2D eigenvalue weighted by molar-refractivity contribution is 0.525. The van der Waals surface area contributed by atoms with Crippen molar-refractivity contribution in [2.45, 2.75) is 32.7 Å². The zero-order valence-electron chi connectivity index (χ0n) is 12.5. The summed E-state index contributed by atoms with van der Waals surface area (Å²) in [6, 6.07) is 12.9. The maximum absolute atomic E-state index is 13.4. The minimum atomic E-state index is -0.186. The Bertz CT molecular complexity index is 598. The maximum atomic E-state index is 13.4. The summed E-state index contributed by atoms with van der Waals surface area (Å²) in [6.07, 6.45) is 1.83. The molecule has 0 bridgehead atoms. The smallest absolute Gasteiger partial charge is 0.123 e. The van der Waals surface area contributed by atoms with Gasteiger partial charge in [-0.1, -0.05) is 36.7 Å². The molecule has 2 aromatic carbocycles. The van der Waals surface area contributed by atoms with Crippen LogP contribution in [0.1, 0.15) is 36.1 Å². The van der Waals surface area contributed by atoms with Crippen LogP contribution in [0.5, 0.6) is 0 Å². The quantitative estimate of drug-likeness (QED) is 0.785. The number of benzene rings is 2. The van der Waals surface area contributed by atoms with Gasteiger partial charge in [-0.05, 0) is 67.3 Å². The number of halogens is 2. The Morgan fingerprint density at radius 3 is 2.67 bits per heavy atom. The van der Waals surface area contributed by atoms with Crippen molar-refractivity contribution in [2.24, 2.45) is 0 Å². The van der Waals surface area contributed by atoms with Crippen molar-refractivity contribution in [3.8, 4) is 0 Å². The third kappa shape index (κ3) is 4.55. The van der Waals surface area contributed by atoms with Crippen LogP contribution in [0.25, 0.3) is 0 Å². The summed E-state index contributed by atoms with van der Waals surface area (Å²) in [4.78, 5) is 0. The summed E-state index contributed by atoms with van der Waals surface area (Å²) in [6.45, 7) is 5.14. The molecule has 1 atom stereocenters. The lowest BCUT2D eigenvalue weighted by Crippen LogP contribution is -2.24. The van der Waals surface area contributed by atoms with Gasteiger partial charge in [0, 0.05) is 11.1 Å². The molecule has 0 heterocycles. The topological polar surface area (TPSA) is 12.0 Å². The van der Waals surface area contributed by atoms with Gasteiger partial charge in [-0.15, -0.1) is 0 Å². The van der Waals surface area contributed by atoms with Crippen LogP contribution in [-0.4, -0.2) is 6.54 Å². The zero-order valence-corrected chi connectivity index (χ0v) is 13.3. The van der Waals surface area contributed by atoms with E-state index in [9.17, 15) is 4.39 Å². The van der Waals surface area contributed by atoms with Gasteiger partial charge < -0.3 is 5.32 Å². The van der Waals surface area contributed by atoms with E-state index in [4.69, 9.17) is 11.6 Å². The SMILES string of the molecule is CCCNC(Cc1cccc(F)c1)c1ccc(Cl)cc1C. The number of hydrogen-bond donors (Lipinski definition) is 1. The van der Waals surface area contributed by atoms with E-state index >= 15 is 0 Å². The van der Waals surface area contributed by atoms with Gasteiger partial charge in [0.2, 0.25) is 0 Å². The van der Waals surface area contributed by atoms with Crippen molar-refractivity contribution in [2.75, 3.05) is 6.54 Å². The molecule has 0 spiro atoms. The first-order valence-electron chi connectivity index (χ1n) is 7.34. The monoisotopic (exact) mass is 305 g/mol. The third-order valence-corrected chi connectivity index (χ3v) is 3.81. The molecule has 1 nitrogen and oxygen atoms in total. The first-order valence-corrected chi connectivity index (χ1v) is 7.72. The average molecular weight is 306 g/mol. The van der Waals surface area contributed by atoms with Crippen molar-refractivity contribution in [1.29, 1.82) is 0 Å². The van der Waals surface area contributed by atoms with E-state index in [0.29, 0.717) is 0 Å². The highest BCUT2D eigenvalue weighted by atomic mass is 35.5. The Kier molecular flexibility index (Phi) is 5.77. The number of nitrogens with one attached hydrogen (secondary N) is 1. The molecule has 0 fully saturated rings. The summed E-state index contributed by atoms with van der Waals surface area (Å²) in [7, 11) is 0. The standard InChI is InChI=1S/C18H21ClFN/c1-3-9-21-18(12-14-5-4-6-16(20)11-14)17-8-7-15(19)10-13(17)2/h4-8,10-11,18,21H,3,9,12H2,1-2H3. The normalized spacial score (nSPS) is 12.4. The predicted octanol–water partition coefficient (Wildman–Crippen LogP) is 5.07. The number of hydrogen-bond acceptors (Lipinski definition) is 1. The Morgan fingerprint density at radius 2 is 2.00 bits per heavy atom. The average Bonchev–Trinajstić information content (AvgIpc) is 2.44. The van der Waals surface area contributed by atoms with E-state index in [1.165, 1.54) is 11.6 Å². The molecule has 0 saturated heterocycles. The molecule has 0 aromatic heterocycles. The fourth-order valence-electron chi connectivity index (χ4n) is 2.54. The van der Waals surface area contributed by atoms with Crippen molar-refractivity contribution < 1.29 is 4.39 Å². The number of rotatable bonds is 6. The van der Waals surface area contributed by atoms with E-state index in [0.717, 1.165) is 35.5 Å². The largest absolute Gasteiger partial charge is 0.310 e. The Labute approximate surface area is 131 Å². The van der Waals surface area contributed by atoms with Gasteiger partial charge in [0.1, 0.15) is 5.82 Å². The fourth-order valence-corrected chi connectivity index (χ4v) is 2.77. The molecule has 0 aliphatic rings. The van der Waals surface area contributed by atoms with Crippen LogP contribution in [0.2, 0.25) is 5.02 Å². The second-order valence-electron chi connectivity index (χ2n) is 5.34. The Hall–Kier alpha value is -1.38. The molecule has 0 saturated carbocycles. The van der Waals surface area contributed by atoms with Crippen molar-refractivity contribution >= 4 is 11.6 Å². The summed E-state index contributed by atoms with van der Waals surface area (Å²) in [5.74, 6) is -0.186. The molecule has 1 N–H and O–H groups in total. The lowest BCUT2D eigenvalue weighted by atomic mass is 9.95. The number of aryl methyl sites for hydroxylation is 1. The molecule has 0 aliphatic carbocycles. The van der Waals surface area contributed by atoms with Gasteiger partial charge in [-0.2, -0.15) is 0 Å². The van der Waals surface area contributed by atoms with Crippen molar-refractivity contribution in [3.05, 3.63) is 70.0 Å². The molecule has 1 unspecified atom stereocenters. The van der Waals surface area contributed by atoms with Crippen LogP contribution in [0.4, 0.5) is 4.39 Å². The minimum Gasteiger partial charge on any atom is -0.310 e. The predicted molar refractivity (Wildman–Crippen MR) is 87.3 cm³/mol. The molecular formula is C18H21ClFN. The molecule has 2 aromatic rings. The van der Waals surface area contributed by atoms with Crippen LogP contribution >= 0.6 is 11.6 Å². The first kappa shape index (κ1) is 16.0. The molecule has 0 amide bonds.